The number of rotatable bonds is 6. The summed E-state index contributed by atoms with van der Waals surface area (Å²) in [5.74, 6) is -0.846. The molecular formula is C14H17N3O3S. The van der Waals surface area contributed by atoms with Crippen molar-refractivity contribution in [3.8, 4) is 0 Å². The number of carbonyl (C=O) groups excluding carboxylic acids is 3. The number of nitrogens with one attached hydrogen (secondary N) is 2. The van der Waals surface area contributed by atoms with Crippen LogP contribution in [-0.2, 0) is 4.79 Å². The number of hydrogen-bond acceptors (Lipinski definition) is 4. The molecule has 0 bridgehead atoms. The number of benzene rings is 1. The number of hydrogen-bond donors (Lipinski definition) is 3. The Hall–Kier alpha value is -2.28. The van der Waals surface area contributed by atoms with Crippen LogP contribution < -0.4 is 16.4 Å². The Labute approximate surface area is 127 Å². The van der Waals surface area contributed by atoms with Crippen LogP contribution in [0.1, 0.15) is 23.7 Å². The van der Waals surface area contributed by atoms with Gasteiger partial charge in [0, 0.05) is 23.6 Å². The van der Waals surface area contributed by atoms with E-state index in [0.29, 0.717) is 16.2 Å². The second kappa shape index (κ2) is 8.11. The molecule has 1 aromatic rings. The monoisotopic (exact) mass is 307 g/mol. The van der Waals surface area contributed by atoms with E-state index >= 15 is 0 Å². The lowest BCUT2D eigenvalue weighted by Crippen LogP contribution is -2.28. The molecule has 0 fully saturated rings. The van der Waals surface area contributed by atoms with Crippen molar-refractivity contribution in [3.63, 3.8) is 0 Å². The molecule has 1 rings (SSSR count). The highest BCUT2D eigenvalue weighted by molar-refractivity contribution is 8.13. The molecule has 0 unspecified atom stereocenters. The summed E-state index contributed by atoms with van der Waals surface area (Å²) in [6, 6.07) is 6.71. The van der Waals surface area contributed by atoms with Crippen molar-refractivity contribution < 1.29 is 14.4 Å². The van der Waals surface area contributed by atoms with Gasteiger partial charge in [-0.3, -0.25) is 14.4 Å². The van der Waals surface area contributed by atoms with Gasteiger partial charge in [0.05, 0.1) is 5.56 Å². The molecule has 0 spiro atoms. The minimum Gasteiger partial charge on any atom is -0.370 e. The van der Waals surface area contributed by atoms with Crippen LogP contribution in [0.5, 0.6) is 0 Å². The summed E-state index contributed by atoms with van der Waals surface area (Å²) in [7, 11) is 0. The molecular weight excluding hydrogens is 290 g/mol. The number of nitrogens with two attached hydrogens (primary N) is 1. The number of thioether (sulfide) groups is 1. The maximum Gasteiger partial charge on any atom is 0.288 e. The van der Waals surface area contributed by atoms with Gasteiger partial charge in [0.15, 0.2) is 0 Å². The third-order valence-electron chi connectivity index (χ3n) is 2.31. The van der Waals surface area contributed by atoms with E-state index in [4.69, 9.17) is 5.73 Å². The number of allylic oxidation sites excluding steroid dienone is 1. The van der Waals surface area contributed by atoms with E-state index in [0.717, 1.165) is 11.8 Å². The molecule has 3 amide bonds. The predicted molar refractivity (Wildman–Crippen MR) is 81.8 cm³/mol. The first kappa shape index (κ1) is 16.8. The van der Waals surface area contributed by atoms with Crippen molar-refractivity contribution in [1.82, 2.24) is 10.6 Å². The van der Waals surface area contributed by atoms with Crippen LogP contribution in [0.3, 0.4) is 0 Å². The van der Waals surface area contributed by atoms with E-state index in [-0.39, 0.29) is 24.1 Å². The molecule has 21 heavy (non-hydrogen) atoms. The Morgan fingerprint density at radius 2 is 1.95 bits per heavy atom. The quantitative estimate of drug-likeness (QED) is 0.695. The summed E-state index contributed by atoms with van der Waals surface area (Å²) in [4.78, 5) is 34.9. The summed E-state index contributed by atoms with van der Waals surface area (Å²) < 4.78 is 0. The lowest BCUT2D eigenvalue weighted by Gasteiger charge is -2.09. The van der Waals surface area contributed by atoms with Gasteiger partial charge in [0.1, 0.15) is 0 Å². The average Bonchev–Trinajstić information content (AvgIpc) is 2.37. The summed E-state index contributed by atoms with van der Waals surface area (Å²) in [6.45, 7) is 5.41. The van der Waals surface area contributed by atoms with Gasteiger partial charge in [0.2, 0.25) is 5.91 Å². The van der Waals surface area contributed by atoms with E-state index in [1.54, 1.807) is 31.2 Å². The van der Waals surface area contributed by atoms with Crippen LogP contribution in [0, 0.1) is 0 Å². The van der Waals surface area contributed by atoms with Crippen LogP contribution in [0.4, 0.5) is 4.79 Å². The van der Waals surface area contributed by atoms with Gasteiger partial charge >= 0.3 is 0 Å². The smallest absolute Gasteiger partial charge is 0.288 e. The Kier molecular flexibility index (Phi) is 6.48. The van der Waals surface area contributed by atoms with Crippen LogP contribution in [0.15, 0.2) is 41.4 Å². The lowest BCUT2D eigenvalue weighted by atomic mass is 10.2. The molecule has 0 aliphatic carbocycles. The highest BCUT2D eigenvalue weighted by Gasteiger charge is 2.14. The number of carbonyl (C=O) groups is 3. The third kappa shape index (κ3) is 6.13. The van der Waals surface area contributed by atoms with Crippen molar-refractivity contribution in [3.05, 3.63) is 42.1 Å². The highest BCUT2D eigenvalue weighted by atomic mass is 32.2. The summed E-state index contributed by atoms with van der Waals surface area (Å²) in [6.07, 6.45) is 0.0667. The minimum absolute atomic E-state index is 0.0667. The molecule has 0 saturated carbocycles. The predicted octanol–water partition coefficient (Wildman–Crippen LogP) is 1.63. The zero-order valence-corrected chi connectivity index (χ0v) is 12.5. The molecule has 0 saturated heterocycles. The van der Waals surface area contributed by atoms with Gasteiger partial charge in [-0.25, -0.2) is 0 Å². The van der Waals surface area contributed by atoms with Crippen molar-refractivity contribution in [2.75, 3.05) is 6.54 Å². The lowest BCUT2D eigenvalue weighted by molar-refractivity contribution is -0.117. The second-order valence-electron chi connectivity index (χ2n) is 4.26. The van der Waals surface area contributed by atoms with E-state index in [9.17, 15) is 14.4 Å². The summed E-state index contributed by atoms with van der Waals surface area (Å²) in [5, 5.41) is 4.81. The van der Waals surface area contributed by atoms with Gasteiger partial charge in [-0.05, 0) is 30.8 Å². The average molecular weight is 307 g/mol. The molecule has 6 nitrogen and oxygen atoms in total. The van der Waals surface area contributed by atoms with Gasteiger partial charge in [-0.2, -0.15) is 0 Å². The van der Waals surface area contributed by atoms with Crippen molar-refractivity contribution >= 4 is 28.8 Å². The first-order valence-electron chi connectivity index (χ1n) is 6.20. The van der Waals surface area contributed by atoms with Crippen LogP contribution >= 0.6 is 11.8 Å². The molecule has 0 aliphatic heterocycles. The van der Waals surface area contributed by atoms with Crippen LogP contribution in [0.25, 0.3) is 0 Å². The molecule has 0 radical (unpaired) electrons. The van der Waals surface area contributed by atoms with Crippen molar-refractivity contribution in [2.45, 2.75) is 18.2 Å². The first-order chi connectivity index (χ1) is 9.90. The zero-order chi connectivity index (χ0) is 15.8. The second-order valence-corrected chi connectivity index (χ2v) is 5.28. The third-order valence-corrected chi connectivity index (χ3v) is 3.17. The zero-order valence-electron chi connectivity index (χ0n) is 11.6. The molecule has 112 valence electrons. The van der Waals surface area contributed by atoms with E-state index in [2.05, 4.69) is 17.2 Å². The Morgan fingerprint density at radius 3 is 2.57 bits per heavy atom. The fourth-order valence-electron chi connectivity index (χ4n) is 1.44. The highest BCUT2D eigenvalue weighted by Crippen LogP contribution is 2.23. The number of primary amides is 1. The van der Waals surface area contributed by atoms with E-state index in [1.807, 2.05) is 0 Å². The Bertz CT molecular complexity index is 572. The molecule has 0 aromatic heterocycles. The SMILES string of the molecule is C=C(C)NC(=O)Sc1ccccc1C(=O)NCCC(N)=O. The summed E-state index contributed by atoms with van der Waals surface area (Å²) >= 11 is 0.903. The molecule has 0 aliphatic rings. The fraction of sp³-hybridized carbons (Fsp3) is 0.214. The van der Waals surface area contributed by atoms with Crippen LogP contribution in [0.2, 0.25) is 0 Å². The van der Waals surface area contributed by atoms with Crippen molar-refractivity contribution in [1.29, 1.82) is 0 Å². The summed E-state index contributed by atoms with van der Waals surface area (Å²) in [5.41, 5.74) is 5.89. The van der Waals surface area contributed by atoms with E-state index in [1.165, 1.54) is 0 Å². The molecule has 4 N–H and O–H groups in total. The van der Waals surface area contributed by atoms with Gasteiger partial charge in [-0.15, -0.1) is 0 Å². The molecule has 1 aromatic carbocycles. The van der Waals surface area contributed by atoms with Crippen molar-refractivity contribution in [2.24, 2.45) is 5.73 Å². The van der Waals surface area contributed by atoms with Gasteiger partial charge < -0.3 is 16.4 Å². The first-order valence-corrected chi connectivity index (χ1v) is 7.01. The van der Waals surface area contributed by atoms with Gasteiger partial charge in [0.25, 0.3) is 11.1 Å². The van der Waals surface area contributed by atoms with Crippen LogP contribution in [-0.4, -0.2) is 23.6 Å². The topological polar surface area (TPSA) is 101 Å². The largest absolute Gasteiger partial charge is 0.370 e. The number of amides is 3. The maximum atomic E-state index is 12.0. The standard InChI is InChI=1S/C14H17N3O3S/c1-9(2)17-14(20)21-11-6-4-3-5-10(11)13(19)16-8-7-12(15)18/h3-6H,1,7-8H2,2H3,(H2,15,18)(H,16,19)(H,17,20). The Morgan fingerprint density at radius 1 is 1.29 bits per heavy atom. The molecule has 0 heterocycles. The molecule has 0 atom stereocenters. The normalized spacial score (nSPS) is 9.76. The van der Waals surface area contributed by atoms with E-state index < -0.39 is 5.91 Å². The molecule has 7 heteroatoms. The fourth-order valence-corrected chi connectivity index (χ4v) is 2.28. The van der Waals surface area contributed by atoms with Gasteiger partial charge in [-0.1, -0.05) is 18.7 Å². The maximum absolute atomic E-state index is 12.0. The Balaban J connectivity index is 2.74. The minimum atomic E-state index is -0.487.